The quantitative estimate of drug-likeness (QED) is 0.516. The number of anilines is 1. The van der Waals surface area contributed by atoms with Gasteiger partial charge in [-0.15, -0.1) is 0 Å². The summed E-state index contributed by atoms with van der Waals surface area (Å²) in [6, 6.07) is 2.92. The summed E-state index contributed by atoms with van der Waals surface area (Å²) < 4.78 is 30.0. The van der Waals surface area contributed by atoms with Crippen LogP contribution in [0.15, 0.2) is 24.8 Å². The van der Waals surface area contributed by atoms with Crippen molar-refractivity contribution in [1.29, 1.82) is 0 Å². The van der Waals surface area contributed by atoms with E-state index in [1.807, 2.05) is 16.1 Å². The van der Waals surface area contributed by atoms with Gasteiger partial charge in [0.05, 0.1) is 24.5 Å². The van der Waals surface area contributed by atoms with Gasteiger partial charge in [-0.3, -0.25) is 4.57 Å². The van der Waals surface area contributed by atoms with E-state index >= 15 is 0 Å². The highest BCUT2D eigenvalue weighted by atomic mass is 19.1. The summed E-state index contributed by atoms with van der Waals surface area (Å²) in [5, 5.41) is 3.45. The molecule has 6 rings (SSSR count). The summed E-state index contributed by atoms with van der Waals surface area (Å²) in [7, 11) is 0. The molecule has 32 heavy (non-hydrogen) atoms. The summed E-state index contributed by atoms with van der Waals surface area (Å²) >= 11 is 0. The van der Waals surface area contributed by atoms with Crippen LogP contribution in [0.3, 0.4) is 0 Å². The smallest absolute Gasteiger partial charge is 0.180 e. The number of imidazole rings is 2. The number of aryl methyl sites for hydroxylation is 1. The number of fused-ring (bicyclic) bond motifs is 1. The summed E-state index contributed by atoms with van der Waals surface area (Å²) in [6.07, 6.45) is 7.20. The maximum Gasteiger partial charge on any atom is 0.180 e. The number of nitrogens with one attached hydrogen (secondary N) is 1. The molecule has 0 bridgehead atoms. The number of hydrogen-bond acceptors (Lipinski definition) is 7. The Bertz CT molecular complexity index is 1290. The Balaban J connectivity index is 1.36. The summed E-state index contributed by atoms with van der Waals surface area (Å²) in [5.41, 5.74) is 2.86. The minimum Gasteiger partial charge on any atom is -0.488 e. The molecule has 1 saturated heterocycles. The van der Waals surface area contributed by atoms with E-state index in [1.165, 1.54) is 12.4 Å². The molecule has 166 valence electrons. The second-order valence-electron chi connectivity index (χ2n) is 8.30. The summed E-state index contributed by atoms with van der Waals surface area (Å²) in [4.78, 5) is 18.3. The van der Waals surface area contributed by atoms with Crippen LogP contribution in [0.4, 0.5) is 10.2 Å². The number of halogens is 1. The largest absolute Gasteiger partial charge is 0.488 e. The van der Waals surface area contributed by atoms with Crippen molar-refractivity contribution in [1.82, 2.24) is 29.1 Å². The molecule has 2 atom stereocenters. The lowest BCUT2D eigenvalue weighted by Crippen LogP contribution is -2.18. The average Bonchev–Trinajstić information content (AvgIpc) is 3.34. The SMILES string of the molecule is CC(Nc1ncnc2c1ncn2[C@@H]1CCCCO1)c1nc2ccc(F)c3c2n1CCCO3. The van der Waals surface area contributed by atoms with Gasteiger partial charge in [-0.25, -0.2) is 24.3 Å². The van der Waals surface area contributed by atoms with Crippen molar-refractivity contribution in [2.24, 2.45) is 0 Å². The van der Waals surface area contributed by atoms with Gasteiger partial charge < -0.3 is 19.4 Å². The van der Waals surface area contributed by atoms with Crippen molar-refractivity contribution in [2.75, 3.05) is 18.5 Å². The van der Waals surface area contributed by atoms with Crippen molar-refractivity contribution >= 4 is 28.0 Å². The highest BCUT2D eigenvalue weighted by Gasteiger charge is 2.25. The van der Waals surface area contributed by atoms with Crippen molar-refractivity contribution in [3.8, 4) is 5.75 Å². The lowest BCUT2D eigenvalue weighted by atomic mass is 10.2. The van der Waals surface area contributed by atoms with Crippen molar-refractivity contribution < 1.29 is 13.9 Å². The first-order chi connectivity index (χ1) is 15.7. The Kier molecular flexibility index (Phi) is 4.67. The van der Waals surface area contributed by atoms with Crippen LogP contribution in [0.25, 0.3) is 22.2 Å². The fraction of sp³-hybridized carbons (Fsp3) is 0.455. The molecule has 1 fully saturated rings. The number of benzene rings is 1. The van der Waals surface area contributed by atoms with Gasteiger partial charge in [0.15, 0.2) is 28.5 Å². The van der Waals surface area contributed by atoms with Gasteiger partial charge in [-0.2, -0.15) is 0 Å². The number of nitrogens with zero attached hydrogens (tertiary/aromatic N) is 6. The molecule has 5 heterocycles. The van der Waals surface area contributed by atoms with Gasteiger partial charge in [-0.05, 0) is 44.7 Å². The number of ether oxygens (including phenoxy) is 2. The number of rotatable bonds is 4. The van der Waals surface area contributed by atoms with Crippen LogP contribution < -0.4 is 10.1 Å². The van der Waals surface area contributed by atoms with Crippen molar-refractivity contribution in [3.05, 3.63) is 36.4 Å². The van der Waals surface area contributed by atoms with Crippen molar-refractivity contribution in [2.45, 2.75) is 51.4 Å². The fourth-order valence-electron chi connectivity index (χ4n) is 4.66. The van der Waals surface area contributed by atoms with E-state index in [2.05, 4.69) is 20.3 Å². The molecule has 1 N–H and O–H groups in total. The molecule has 9 nitrogen and oxygen atoms in total. The van der Waals surface area contributed by atoms with Crippen LogP contribution in [0, 0.1) is 5.82 Å². The van der Waals surface area contributed by atoms with Crippen LogP contribution in [0.5, 0.6) is 5.75 Å². The topological polar surface area (TPSA) is 91.9 Å². The van der Waals surface area contributed by atoms with Crippen LogP contribution in [-0.4, -0.2) is 42.3 Å². The zero-order valence-electron chi connectivity index (χ0n) is 17.8. The van der Waals surface area contributed by atoms with E-state index in [-0.39, 0.29) is 23.8 Å². The first kappa shape index (κ1) is 19.4. The highest BCUT2D eigenvalue weighted by molar-refractivity contribution is 5.84. The number of hydrogen-bond donors (Lipinski definition) is 1. The number of aromatic nitrogens is 6. The molecule has 0 radical (unpaired) electrons. The summed E-state index contributed by atoms with van der Waals surface area (Å²) in [5.74, 6) is 1.36. The van der Waals surface area contributed by atoms with Crippen LogP contribution >= 0.6 is 0 Å². The molecular formula is C22H24FN7O2. The molecule has 1 unspecified atom stereocenters. The molecule has 2 aliphatic rings. The van der Waals surface area contributed by atoms with Gasteiger partial charge in [0.2, 0.25) is 0 Å². The van der Waals surface area contributed by atoms with Crippen LogP contribution in [0.2, 0.25) is 0 Å². The zero-order chi connectivity index (χ0) is 21.7. The second-order valence-corrected chi connectivity index (χ2v) is 8.30. The Hall–Kier alpha value is -3.27. The molecule has 10 heteroatoms. The molecular weight excluding hydrogens is 413 g/mol. The Morgan fingerprint density at radius 3 is 2.97 bits per heavy atom. The average molecular weight is 437 g/mol. The lowest BCUT2D eigenvalue weighted by Gasteiger charge is -2.23. The van der Waals surface area contributed by atoms with Gasteiger partial charge in [-0.1, -0.05) is 0 Å². The first-order valence-corrected chi connectivity index (χ1v) is 11.1. The van der Waals surface area contributed by atoms with E-state index in [0.717, 1.165) is 49.3 Å². The summed E-state index contributed by atoms with van der Waals surface area (Å²) in [6.45, 7) is 3.95. The maximum atomic E-state index is 14.4. The normalized spacial score (nSPS) is 19.6. The first-order valence-electron chi connectivity index (χ1n) is 11.1. The van der Waals surface area contributed by atoms with E-state index in [1.54, 1.807) is 12.4 Å². The zero-order valence-corrected chi connectivity index (χ0v) is 17.8. The Morgan fingerprint density at radius 1 is 1.16 bits per heavy atom. The van der Waals surface area contributed by atoms with E-state index < -0.39 is 0 Å². The molecule has 4 aromatic rings. The van der Waals surface area contributed by atoms with Gasteiger partial charge in [0, 0.05) is 13.2 Å². The minimum absolute atomic E-state index is 0.0481. The molecule has 0 saturated carbocycles. The molecule has 0 spiro atoms. The molecule has 3 aromatic heterocycles. The van der Waals surface area contributed by atoms with Gasteiger partial charge >= 0.3 is 0 Å². The fourth-order valence-corrected chi connectivity index (χ4v) is 4.66. The highest BCUT2D eigenvalue weighted by Crippen LogP contribution is 2.35. The molecule has 0 aliphatic carbocycles. The van der Waals surface area contributed by atoms with Crippen LogP contribution in [-0.2, 0) is 11.3 Å². The third-order valence-electron chi connectivity index (χ3n) is 6.18. The van der Waals surface area contributed by atoms with E-state index in [9.17, 15) is 4.39 Å². The Morgan fingerprint density at radius 2 is 2.09 bits per heavy atom. The Labute approximate surface area is 183 Å². The van der Waals surface area contributed by atoms with E-state index in [4.69, 9.17) is 14.5 Å². The minimum atomic E-state index is -0.360. The molecule has 0 amide bonds. The predicted molar refractivity (Wildman–Crippen MR) is 116 cm³/mol. The third-order valence-corrected chi connectivity index (χ3v) is 6.18. The predicted octanol–water partition coefficient (Wildman–Crippen LogP) is 3.97. The van der Waals surface area contributed by atoms with Gasteiger partial charge in [0.25, 0.3) is 0 Å². The monoisotopic (exact) mass is 437 g/mol. The molecule has 2 aliphatic heterocycles. The maximum absolute atomic E-state index is 14.4. The third kappa shape index (κ3) is 3.09. The van der Waals surface area contributed by atoms with E-state index in [0.29, 0.717) is 30.0 Å². The van der Waals surface area contributed by atoms with Crippen molar-refractivity contribution in [3.63, 3.8) is 0 Å². The van der Waals surface area contributed by atoms with Gasteiger partial charge in [0.1, 0.15) is 23.9 Å². The lowest BCUT2D eigenvalue weighted by molar-refractivity contribution is -0.0298. The second kappa shape index (κ2) is 7.70. The standard InChI is InChI=1S/C22H24FN7O2/c1-13(21-28-15-7-6-14(23)19-18(15)29(21)8-4-10-32-19)27-20-17-22(25-11-24-20)30(12-26-17)16-5-2-3-9-31-16/h6-7,11-13,16H,2-5,8-10H2,1H3,(H,24,25,27)/t13?,16-/m0/s1. The molecule has 1 aromatic carbocycles. The van der Waals surface area contributed by atoms with Crippen LogP contribution in [0.1, 0.15) is 50.7 Å².